The van der Waals surface area contributed by atoms with Crippen molar-refractivity contribution in [1.29, 1.82) is 0 Å². The fraction of sp³-hybridized carbons (Fsp3) is 0.375. The maximum absolute atomic E-state index is 12.6. The molecule has 0 saturated heterocycles. The molecule has 0 fully saturated rings. The average Bonchev–Trinajstić information content (AvgIpc) is 2.86. The molecule has 0 atom stereocenters. The third-order valence-electron chi connectivity index (χ3n) is 3.68. The summed E-state index contributed by atoms with van der Waals surface area (Å²) >= 11 is 0. The molecule has 0 unspecified atom stereocenters. The minimum absolute atomic E-state index is 0.111. The zero-order valence-corrected chi connectivity index (χ0v) is 15.1. The summed E-state index contributed by atoms with van der Waals surface area (Å²) in [6.45, 7) is 6.14. The molecule has 0 bridgehead atoms. The Labute approximate surface area is 142 Å². The van der Waals surface area contributed by atoms with Gasteiger partial charge in [-0.3, -0.25) is 9.48 Å². The zero-order valence-electron chi connectivity index (χ0n) is 14.3. The number of hydrogen-bond donors (Lipinski definition) is 1. The number of sulfonamides is 1. The monoisotopic (exact) mass is 350 g/mol. The van der Waals surface area contributed by atoms with E-state index >= 15 is 0 Å². The van der Waals surface area contributed by atoms with Gasteiger partial charge in [0, 0.05) is 31.8 Å². The van der Waals surface area contributed by atoms with Gasteiger partial charge >= 0.3 is 0 Å². The summed E-state index contributed by atoms with van der Waals surface area (Å²) < 4.78 is 28.0. The van der Waals surface area contributed by atoms with E-state index in [4.69, 9.17) is 0 Å². The molecule has 130 valence electrons. The van der Waals surface area contributed by atoms with Gasteiger partial charge in [-0.15, -0.1) is 0 Å². The van der Waals surface area contributed by atoms with Crippen LogP contribution in [0.2, 0.25) is 0 Å². The predicted octanol–water partition coefficient (Wildman–Crippen LogP) is 2.01. The van der Waals surface area contributed by atoms with Crippen molar-refractivity contribution in [2.24, 2.45) is 7.05 Å². The van der Waals surface area contributed by atoms with Crippen molar-refractivity contribution in [3.8, 4) is 0 Å². The van der Waals surface area contributed by atoms with E-state index in [0.717, 1.165) is 5.69 Å². The van der Waals surface area contributed by atoms with Gasteiger partial charge in [0.15, 0.2) is 0 Å². The van der Waals surface area contributed by atoms with Gasteiger partial charge in [0.2, 0.25) is 10.0 Å². The standard InChI is InChI=1S/C16H22N4O3S/c1-5-20(6-2)24(22,23)14-9-7-8-13(11-14)16(21)17-15-10-12(3)18-19(15)4/h7-11H,5-6H2,1-4H3,(H,17,21). The highest BCUT2D eigenvalue weighted by Crippen LogP contribution is 2.18. The van der Waals surface area contributed by atoms with Crippen LogP contribution in [0.3, 0.4) is 0 Å². The zero-order chi connectivity index (χ0) is 17.9. The largest absolute Gasteiger partial charge is 0.307 e. The molecule has 0 aliphatic heterocycles. The molecule has 0 saturated carbocycles. The molecule has 24 heavy (non-hydrogen) atoms. The van der Waals surface area contributed by atoms with Gasteiger partial charge in [0.05, 0.1) is 10.6 Å². The van der Waals surface area contributed by atoms with Crippen LogP contribution in [0.25, 0.3) is 0 Å². The van der Waals surface area contributed by atoms with Gasteiger partial charge in [0.25, 0.3) is 5.91 Å². The summed E-state index contributed by atoms with van der Waals surface area (Å²) in [5.74, 6) is 0.170. The van der Waals surface area contributed by atoms with Crippen molar-refractivity contribution in [2.75, 3.05) is 18.4 Å². The van der Waals surface area contributed by atoms with Gasteiger partial charge in [-0.05, 0) is 25.1 Å². The first kappa shape index (κ1) is 18.2. The van der Waals surface area contributed by atoms with Crippen LogP contribution < -0.4 is 5.32 Å². The van der Waals surface area contributed by atoms with E-state index < -0.39 is 10.0 Å². The Bertz CT molecular complexity index is 839. The van der Waals surface area contributed by atoms with Crippen LogP contribution in [0.15, 0.2) is 35.2 Å². The summed E-state index contributed by atoms with van der Waals surface area (Å²) in [6.07, 6.45) is 0. The molecular formula is C16H22N4O3S. The number of anilines is 1. The second kappa shape index (κ2) is 7.14. The topological polar surface area (TPSA) is 84.3 Å². The van der Waals surface area contributed by atoms with Gasteiger partial charge in [-0.25, -0.2) is 8.42 Å². The highest BCUT2D eigenvalue weighted by atomic mass is 32.2. The molecule has 0 aliphatic rings. The van der Waals surface area contributed by atoms with Crippen molar-refractivity contribution in [3.63, 3.8) is 0 Å². The lowest BCUT2D eigenvalue weighted by Gasteiger charge is -2.18. The van der Waals surface area contributed by atoms with Crippen LogP contribution in [0.4, 0.5) is 5.82 Å². The van der Waals surface area contributed by atoms with E-state index in [1.807, 2.05) is 6.92 Å². The minimum atomic E-state index is -3.60. The van der Waals surface area contributed by atoms with Gasteiger partial charge in [-0.2, -0.15) is 9.40 Å². The Morgan fingerprint density at radius 3 is 2.46 bits per heavy atom. The van der Waals surface area contributed by atoms with Crippen molar-refractivity contribution in [2.45, 2.75) is 25.7 Å². The summed E-state index contributed by atoms with van der Waals surface area (Å²) in [5, 5.41) is 6.90. The molecule has 2 aromatic rings. The fourth-order valence-corrected chi connectivity index (χ4v) is 3.93. The molecule has 7 nitrogen and oxygen atoms in total. The van der Waals surface area contributed by atoms with E-state index in [1.54, 1.807) is 43.8 Å². The highest BCUT2D eigenvalue weighted by molar-refractivity contribution is 7.89. The van der Waals surface area contributed by atoms with Gasteiger partial charge in [0.1, 0.15) is 5.82 Å². The van der Waals surface area contributed by atoms with Crippen LogP contribution in [-0.2, 0) is 17.1 Å². The summed E-state index contributed by atoms with van der Waals surface area (Å²) in [7, 11) is -1.87. The fourth-order valence-electron chi connectivity index (χ4n) is 2.43. The van der Waals surface area contributed by atoms with Crippen molar-refractivity contribution >= 4 is 21.7 Å². The van der Waals surface area contributed by atoms with Crippen LogP contribution in [0.1, 0.15) is 29.9 Å². The Hall–Kier alpha value is -2.19. The summed E-state index contributed by atoms with van der Waals surface area (Å²) in [6, 6.07) is 7.79. The number of aryl methyl sites for hydroxylation is 2. The van der Waals surface area contributed by atoms with Crippen molar-refractivity contribution in [3.05, 3.63) is 41.6 Å². The normalized spacial score (nSPS) is 11.7. The lowest BCUT2D eigenvalue weighted by Crippen LogP contribution is -2.30. The Balaban J connectivity index is 2.30. The predicted molar refractivity (Wildman–Crippen MR) is 92.4 cm³/mol. The summed E-state index contributed by atoms with van der Waals surface area (Å²) in [4.78, 5) is 12.5. The number of nitrogens with one attached hydrogen (secondary N) is 1. The Morgan fingerprint density at radius 2 is 1.92 bits per heavy atom. The molecule has 2 rings (SSSR count). The molecule has 1 aromatic carbocycles. The molecule has 0 spiro atoms. The van der Waals surface area contributed by atoms with E-state index in [9.17, 15) is 13.2 Å². The maximum Gasteiger partial charge on any atom is 0.256 e. The number of hydrogen-bond acceptors (Lipinski definition) is 4. The number of benzene rings is 1. The second-order valence-corrected chi connectivity index (χ2v) is 7.30. The third-order valence-corrected chi connectivity index (χ3v) is 5.73. The lowest BCUT2D eigenvalue weighted by molar-refractivity contribution is 0.102. The maximum atomic E-state index is 12.6. The molecule has 0 radical (unpaired) electrons. The first-order chi connectivity index (χ1) is 11.3. The number of rotatable bonds is 6. The second-order valence-electron chi connectivity index (χ2n) is 5.37. The first-order valence-electron chi connectivity index (χ1n) is 7.71. The van der Waals surface area contributed by atoms with Gasteiger partial charge in [-0.1, -0.05) is 19.9 Å². The van der Waals surface area contributed by atoms with E-state index in [1.165, 1.54) is 16.4 Å². The number of carbonyl (C=O) groups is 1. The van der Waals surface area contributed by atoms with E-state index in [2.05, 4.69) is 10.4 Å². The van der Waals surface area contributed by atoms with Gasteiger partial charge < -0.3 is 5.32 Å². The molecule has 0 aliphatic carbocycles. The smallest absolute Gasteiger partial charge is 0.256 e. The minimum Gasteiger partial charge on any atom is -0.307 e. The molecule has 1 amide bonds. The number of amides is 1. The van der Waals surface area contributed by atoms with Crippen LogP contribution in [0, 0.1) is 6.92 Å². The van der Waals surface area contributed by atoms with E-state index in [0.29, 0.717) is 18.9 Å². The van der Waals surface area contributed by atoms with Crippen LogP contribution >= 0.6 is 0 Å². The summed E-state index contributed by atoms with van der Waals surface area (Å²) in [5.41, 5.74) is 1.06. The van der Waals surface area contributed by atoms with Crippen LogP contribution in [-0.4, -0.2) is 41.5 Å². The molecule has 8 heteroatoms. The number of nitrogens with zero attached hydrogens (tertiary/aromatic N) is 3. The molecule has 1 heterocycles. The SMILES string of the molecule is CCN(CC)S(=O)(=O)c1cccc(C(=O)Nc2cc(C)nn2C)c1. The molecular weight excluding hydrogens is 328 g/mol. The van der Waals surface area contributed by atoms with Crippen molar-refractivity contribution < 1.29 is 13.2 Å². The quantitative estimate of drug-likeness (QED) is 0.864. The average molecular weight is 350 g/mol. The lowest BCUT2D eigenvalue weighted by atomic mass is 10.2. The number of carbonyl (C=O) groups excluding carboxylic acids is 1. The first-order valence-corrected chi connectivity index (χ1v) is 9.15. The Kier molecular flexibility index (Phi) is 5.40. The number of aromatic nitrogens is 2. The van der Waals surface area contributed by atoms with E-state index in [-0.39, 0.29) is 16.4 Å². The van der Waals surface area contributed by atoms with Crippen molar-refractivity contribution in [1.82, 2.24) is 14.1 Å². The highest BCUT2D eigenvalue weighted by Gasteiger charge is 2.22. The van der Waals surface area contributed by atoms with Crippen LogP contribution in [0.5, 0.6) is 0 Å². The third kappa shape index (κ3) is 3.65. The molecule has 1 N–H and O–H groups in total. The molecule has 1 aromatic heterocycles. The Morgan fingerprint density at radius 1 is 1.25 bits per heavy atom.